The van der Waals surface area contributed by atoms with Gasteiger partial charge in [0.25, 0.3) is 23.3 Å². The lowest BCUT2D eigenvalue weighted by Crippen LogP contribution is -2.19. The van der Waals surface area contributed by atoms with Gasteiger partial charge in [-0.2, -0.15) is 36.3 Å². The number of halogens is 8. The Morgan fingerprint density at radius 3 is 1.49 bits per heavy atom. The van der Waals surface area contributed by atoms with Gasteiger partial charge in [0.05, 0.1) is 17.7 Å². The number of ether oxygens (including phenoxy) is 1. The van der Waals surface area contributed by atoms with Gasteiger partial charge in [-0.05, 0) is 90.8 Å². The highest BCUT2D eigenvalue weighted by Gasteiger charge is 2.44. The van der Waals surface area contributed by atoms with E-state index in [1.807, 2.05) is 0 Å². The Labute approximate surface area is 410 Å². The Hall–Kier alpha value is -8.50. The van der Waals surface area contributed by atoms with E-state index in [9.17, 15) is 41.0 Å². The maximum Gasteiger partial charge on any atom is 0.432 e. The number of nitrogens with zero attached hydrogens (tertiary/aromatic N) is 10. The number of alkyl halides is 6. The summed E-state index contributed by atoms with van der Waals surface area (Å²) in [4.78, 5) is 50.3. The highest BCUT2D eigenvalue weighted by Crippen LogP contribution is 2.43. The minimum absolute atomic E-state index is 0.0408. The molecular weight excluding hydrogens is 997 g/mol. The summed E-state index contributed by atoms with van der Waals surface area (Å²) in [6, 6.07) is 23.7. The molecule has 0 bridgehead atoms. The first kappa shape index (κ1) is 48.5. The van der Waals surface area contributed by atoms with Crippen molar-refractivity contribution in [3.8, 4) is 34.5 Å². The molecule has 10 rings (SSSR count). The number of aromatic nitrogens is 10. The van der Waals surface area contributed by atoms with Gasteiger partial charge in [-0.25, -0.2) is 19.9 Å². The molecule has 10 aromatic rings. The van der Waals surface area contributed by atoms with Gasteiger partial charge >= 0.3 is 12.4 Å². The van der Waals surface area contributed by atoms with Crippen molar-refractivity contribution in [3.63, 3.8) is 0 Å². The average molecular weight is 1030 g/mol. The molecule has 0 unspecified atom stereocenters. The Morgan fingerprint density at radius 2 is 1.07 bits per heavy atom. The number of benzene rings is 4. The monoisotopic (exact) mass is 1030 g/mol. The zero-order chi connectivity index (χ0) is 50.9. The number of phenolic OH excluding ortho intramolecular Hbond substituents is 1. The minimum Gasteiger partial charge on any atom is -0.508 e. The van der Waals surface area contributed by atoms with Crippen molar-refractivity contribution in [1.82, 2.24) is 49.4 Å². The molecule has 6 aromatic heterocycles. The number of rotatable bonds is 12. The molecule has 1 N–H and O–H groups in total. The van der Waals surface area contributed by atoms with E-state index < -0.39 is 58.2 Å². The molecule has 0 aliphatic carbocycles. The molecule has 0 radical (unpaired) electrons. The number of fused-ring (bicyclic) bond motifs is 2. The first-order valence-electron chi connectivity index (χ1n) is 21.1. The zero-order valence-corrected chi connectivity index (χ0v) is 38.2. The van der Waals surface area contributed by atoms with Crippen LogP contribution >= 0.6 is 23.2 Å². The van der Waals surface area contributed by atoms with Crippen LogP contribution in [-0.4, -0.2) is 72.6 Å². The average Bonchev–Trinajstić information content (AvgIpc) is 4.18. The van der Waals surface area contributed by atoms with E-state index >= 15 is 0 Å². The molecule has 6 heterocycles. The first-order valence-corrected chi connectivity index (χ1v) is 21.8. The van der Waals surface area contributed by atoms with Gasteiger partial charge in [0.15, 0.2) is 0 Å². The Morgan fingerprint density at radius 1 is 0.625 bits per heavy atom. The molecule has 0 aliphatic heterocycles. The Balaban J connectivity index is 0.000000178. The van der Waals surface area contributed by atoms with Crippen LogP contribution in [0.2, 0.25) is 10.0 Å². The predicted octanol–water partition coefficient (Wildman–Crippen LogP) is 11.0. The summed E-state index contributed by atoms with van der Waals surface area (Å²) in [6.45, 7) is 1.66. The van der Waals surface area contributed by atoms with Crippen LogP contribution in [0, 0.1) is 0 Å². The van der Waals surface area contributed by atoms with Crippen molar-refractivity contribution in [1.29, 1.82) is 0 Å². The minimum atomic E-state index is -4.93. The first-order chi connectivity index (χ1) is 34.5. The van der Waals surface area contributed by atoms with Crippen molar-refractivity contribution < 1.29 is 54.8 Å². The van der Waals surface area contributed by atoms with Crippen LogP contribution in [0.4, 0.5) is 26.3 Å². The number of phenols is 1. The molecular formula is C48H30Cl2F6N10O6. The highest BCUT2D eigenvalue weighted by atomic mass is 35.5. The standard InChI is InChI=1S/C25H17ClF3N5O3.C23H13ClF3N5O3/c1-2-36-16-7-8-19-17(11-16)20(21(35)24-32-23(33-37-24)18-9-10-30-13-31-18)22(25(27,28)29)34(19)12-14-3-5-15(26)6-4-14;24-13-3-1-12(2-4-13)10-32-17-6-5-14(33)9-15(17)18(20(32)23(25,26)27)19(34)22-30-21(31-35-22)16-7-8-28-11-29-16/h3-11,13H,2,12H2,1H3;1-9,11,33H,10H2. The predicted molar refractivity (Wildman–Crippen MR) is 245 cm³/mol. The molecule has 0 fully saturated rings. The van der Waals surface area contributed by atoms with Crippen LogP contribution < -0.4 is 4.74 Å². The van der Waals surface area contributed by atoms with Gasteiger partial charge in [-0.15, -0.1) is 0 Å². The molecule has 0 atom stereocenters. The molecule has 0 aliphatic rings. The van der Waals surface area contributed by atoms with E-state index in [1.165, 1.54) is 61.4 Å². The van der Waals surface area contributed by atoms with Crippen molar-refractivity contribution >= 4 is 56.6 Å². The van der Waals surface area contributed by atoms with Crippen LogP contribution in [-0.2, 0) is 25.4 Å². The van der Waals surface area contributed by atoms with Gasteiger partial charge in [0.2, 0.25) is 11.6 Å². The summed E-state index contributed by atoms with van der Waals surface area (Å²) in [6.07, 6.45) is -4.51. The van der Waals surface area contributed by atoms with Crippen molar-refractivity contribution in [2.75, 3.05) is 6.61 Å². The van der Waals surface area contributed by atoms with Crippen LogP contribution in [0.1, 0.15) is 61.9 Å². The Kier molecular flexibility index (Phi) is 13.3. The number of carbonyl (C=O) groups is 2. The third-order valence-electron chi connectivity index (χ3n) is 10.8. The van der Waals surface area contributed by atoms with Crippen LogP contribution in [0.5, 0.6) is 11.5 Å². The van der Waals surface area contributed by atoms with E-state index in [0.717, 1.165) is 15.2 Å². The third kappa shape index (κ3) is 9.94. The van der Waals surface area contributed by atoms with Crippen molar-refractivity contribution in [2.45, 2.75) is 32.4 Å². The summed E-state index contributed by atoms with van der Waals surface area (Å²) in [5, 5.41) is 18.2. The molecule has 24 heteroatoms. The second kappa shape index (κ2) is 19.7. The van der Waals surface area contributed by atoms with E-state index in [0.29, 0.717) is 33.5 Å². The fourth-order valence-corrected chi connectivity index (χ4v) is 8.01. The third-order valence-corrected chi connectivity index (χ3v) is 11.3. The van der Waals surface area contributed by atoms with Gasteiger partial charge in [-0.1, -0.05) is 57.8 Å². The zero-order valence-electron chi connectivity index (χ0n) is 36.7. The summed E-state index contributed by atoms with van der Waals surface area (Å²) in [5.74, 6) is -3.62. The number of aromatic hydroxyl groups is 1. The molecule has 4 aromatic carbocycles. The van der Waals surface area contributed by atoms with Crippen LogP contribution in [0.15, 0.2) is 131 Å². The maximum absolute atomic E-state index is 14.6. The molecule has 0 saturated heterocycles. The maximum atomic E-state index is 14.6. The van der Waals surface area contributed by atoms with Gasteiger partial charge in [-0.3, -0.25) is 9.59 Å². The van der Waals surface area contributed by atoms with E-state index in [4.69, 9.17) is 37.0 Å². The lowest BCUT2D eigenvalue weighted by atomic mass is 10.1. The largest absolute Gasteiger partial charge is 0.508 e. The lowest BCUT2D eigenvalue weighted by Gasteiger charge is -2.14. The molecule has 0 saturated carbocycles. The number of hydrogen-bond acceptors (Lipinski definition) is 14. The molecule has 364 valence electrons. The lowest BCUT2D eigenvalue weighted by molar-refractivity contribution is -0.144. The quantitative estimate of drug-likeness (QED) is 0.0894. The highest BCUT2D eigenvalue weighted by molar-refractivity contribution is 6.30. The molecule has 72 heavy (non-hydrogen) atoms. The SMILES string of the molecule is CCOc1ccc2c(c1)c(C(=O)c1nc(-c3ccncn3)no1)c(C(F)(F)F)n2Cc1ccc(Cl)cc1.O=C(c1nc(-c2ccncn2)no1)c1c(C(F)(F)F)n(Cc2ccc(Cl)cc2)c2ccc(O)cc12. The number of ketones is 2. The van der Waals surface area contributed by atoms with E-state index in [2.05, 4.69) is 40.2 Å². The number of carbonyl (C=O) groups excluding carboxylic acids is 2. The van der Waals surface area contributed by atoms with Crippen LogP contribution in [0.3, 0.4) is 0 Å². The normalized spacial score (nSPS) is 11.7. The summed E-state index contributed by atoms with van der Waals surface area (Å²) < 4.78 is 105. The molecule has 0 spiro atoms. The van der Waals surface area contributed by atoms with Crippen molar-refractivity contribution in [3.05, 3.63) is 178 Å². The van der Waals surface area contributed by atoms with Gasteiger partial charge in [0, 0.05) is 57.3 Å². The molecule has 16 nitrogen and oxygen atoms in total. The van der Waals surface area contributed by atoms with Gasteiger partial charge < -0.3 is 28.0 Å². The van der Waals surface area contributed by atoms with Gasteiger partial charge in [0.1, 0.15) is 46.9 Å². The summed E-state index contributed by atoms with van der Waals surface area (Å²) in [7, 11) is 0. The van der Waals surface area contributed by atoms with Crippen LogP contribution in [0.25, 0.3) is 44.8 Å². The topological polar surface area (TPSA) is 203 Å². The summed E-state index contributed by atoms with van der Waals surface area (Å²) in [5.41, 5.74) is -1.85. The van der Waals surface area contributed by atoms with E-state index in [-0.39, 0.29) is 63.7 Å². The fraction of sp³-hybridized carbons (Fsp3) is 0.125. The molecule has 0 amide bonds. The summed E-state index contributed by atoms with van der Waals surface area (Å²) >= 11 is 11.8. The second-order valence-electron chi connectivity index (χ2n) is 15.4. The van der Waals surface area contributed by atoms with E-state index in [1.54, 1.807) is 61.5 Å². The second-order valence-corrected chi connectivity index (χ2v) is 16.2. The smallest absolute Gasteiger partial charge is 0.432 e. The number of hydrogen-bond donors (Lipinski definition) is 1. The van der Waals surface area contributed by atoms with Crippen molar-refractivity contribution in [2.24, 2.45) is 0 Å². The Bertz CT molecular complexity index is 3600. The fourth-order valence-electron chi connectivity index (χ4n) is 7.75.